The number of rotatable bonds is 7. The van der Waals surface area contributed by atoms with Gasteiger partial charge in [-0.15, -0.1) is 0 Å². The highest BCUT2D eigenvalue weighted by atomic mass is 16.6. The van der Waals surface area contributed by atoms with Gasteiger partial charge in [0.25, 0.3) is 0 Å². The van der Waals surface area contributed by atoms with Crippen LogP contribution in [0.5, 0.6) is 5.75 Å². The molecule has 0 unspecified atom stereocenters. The predicted molar refractivity (Wildman–Crippen MR) is 160 cm³/mol. The normalized spacial score (nSPS) is 12.6. The summed E-state index contributed by atoms with van der Waals surface area (Å²) in [7, 11) is 0. The minimum absolute atomic E-state index is 0.262. The van der Waals surface area contributed by atoms with E-state index in [0.717, 1.165) is 27.8 Å². The summed E-state index contributed by atoms with van der Waals surface area (Å²) >= 11 is 0. The molecule has 1 amide bonds. The maximum atomic E-state index is 12.7. The number of nitrogens with one attached hydrogen (secondary N) is 1. The molecule has 8 nitrogen and oxygen atoms in total. The average molecular weight is 558 g/mol. The highest BCUT2D eigenvalue weighted by Gasteiger charge is 2.22. The predicted octanol–water partition coefficient (Wildman–Crippen LogP) is 7.31. The van der Waals surface area contributed by atoms with Crippen LogP contribution in [0.4, 0.5) is 9.59 Å². The number of hydrogen-bond donors (Lipinski definition) is 1. The van der Waals surface area contributed by atoms with Crippen LogP contribution in [0.15, 0.2) is 72.8 Å². The van der Waals surface area contributed by atoms with Gasteiger partial charge in [0.1, 0.15) is 23.6 Å². The number of carbonyl (C=O) groups excluding carboxylic acids is 2. The molecule has 1 atom stereocenters. The van der Waals surface area contributed by atoms with E-state index in [4.69, 9.17) is 14.2 Å². The van der Waals surface area contributed by atoms with Crippen molar-refractivity contribution in [1.82, 2.24) is 15.1 Å². The van der Waals surface area contributed by atoms with Gasteiger partial charge in [0.15, 0.2) is 0 Å². The van der Waals surface area contributed by atoms with Crippen molar-refractivity contribution in [3.05, 3.63) is 84.1 Å². The smallest absolute Gasteiger partial charge is 0.435 e. The monoisotopic (exact) mass is 557 g/mol. The van der Waals surface area contributed by atoms with Crippen LogP contribution in [-0.4, -0.2) is 45.8 Å². The molecule has 4 aromatic rings. The third-order valence-corrected chi connectivity index (χ3v) is 6.10. The molecule has 3 aromatic carbocycles. The molecule has 0 bridgehead atoms. The third kappa shape index (κ3) is 8.33. The van der Waals surface area contributed by atoms with Gasteiger partial charge in [0, 0.05) is 5.39 Å². The Morgan fingerprint density at radius 1 is 0.854 bits per heavy atom. The van der Waals surface area contributed by atoms with Gasteiger partial charge in [-0.1, -0.05) is 48.5 Å². The van der Waals surface area contributed by atoms with Crippen LogP contribution >= 0.6 is 0 Å². The maximum absolute atomic E-state index is 12.7. The Labute approximate surface area is 241 Å². The van der Waals surface area contributed by atoms with Gasteiger partial charge in [0.2, 0.25) is 0 Å². The van der Waals surface area contributed by atoms with E-state index in [1.165, 1.54) is 4.68 Å². The minimum atomic E-state index is -0.619. The first-order valence-corrected chi connectivity index (χ1v) is 13.8. The van der Waals surface area contributed by atoms with Crippen molar-refractivity contribution >= 4 is 23.1 Å². The van der Waals surface area contributed by atoms with Crippen molar-refractivity contribution in [2.45, 2.75) is 72.1 Å². The summed E-state index contributed by atoms with van der Waals surface area (Å²) in [4.78, 5) is 25.2. The maximum Gasteiger partial charge on any atom is 0.435 e. The standard InChI is InChI=1S/C33H39N3O5/c1-22-28-20-25(16-17-29(28)36(35-22)31(38)41-33(5,6)7)24-14-11-15-27(19-24)39-21-26(18-23-12-9-8-10-13-23)34-30(37)40-32(2,3)4/h8-17,19-20,26H,18,21H2,1-7H3,(H,34,37)/t26-/m0/s1. The number of carbonyl (C=O) groups is 2. The summed E-state index contributed by atoms with van der Waals surface area (Å²) in [5.41, 5.74) is 3.20. The van der Waals surface area contributed by atoms with E-state index in [9.17, 15) is 9.59 Å². The lowest BCUT2D eigenvalue weighted by Gasteiger charge is -2.24. The lowest BCUT2D eigenvalue weighted by atomic mass is 10.0. The van der Waals surface area contributed by atoms with E-state index in [1.54, 1.807) is 0 Å². The fourth-order valence-corrected chi connectivity index (χ4v) is 4.38. The number of hydrogen-bond acceptors (Lipinski definition) is 6. The molecule has 0 saturated carbocycles. The summed E-state index contributed by atoms with van der Waals surface area (Å²) in [6.45, 7) is 13.1. The van der Waals surface area contributed by atoms with Crippen LogP contribution in [0, 0.1) is 6.92 Å². The van der Waals surface area contributed by atoms with E-state index < -0.39 is 23.4 Å². The third-order valence-electron chi connectivity index (χ3n) is 6.10. The Hall–Kier alpha value is -4.33. The van der Waals surface area contributed by atoms with E-state index in [2.05, 4.69) is 10.4 Å². The van der Waals surface area contributed by atoms with E-state index in [-0.39, 0.29) is 12.6 Å². The number of nitrogens with zero attached hydrogens (tertiary/aromatic N) is 2. The number of alkyl carbamates (subject to hydrolysis) is 1. The minimum Gasteiger partial charge on any atom is -0.491 e. The van der Waals surface area contributed by atoms with Crippen molar-refractivity contribution in [2.24, 2.45) is 0 Å². The summed E-state index contributed by atoms with van der Waals surface area (Å²) in [5, 5.41) is 8.25. The van der Waals surface area contributed by atoms with Crippen molar-refractivity contribution in [3.63, 3.8) is 0 Å². The number of ether oxygens (including phenoxy) is 3. The van der Waals surface area contributed by atoms with Gasteiger partial charge in [-0.2, -0.15) is 9.78 Å². The molecule has 0 fully saturated rings. The van der Waals surface area contributed by atoms with Crippen LogP contribution in [0.2, 0.25) is 0 Å². The van der Waals surface area contributed by atoms with Gasteiger partial charge in [-0.3, -0.25) is 0 Å². The molecule has 0 aliphatic rings. The highest BCUT2D eigenvalue weighted by Crippen LogP contribution is 2.29. The Kier molecular flexibility index (Phi) is 8.71. The Morgan fingerprint density at radius 2 is 1.54 bits per heavy atom. The second-order valence-electron chi connectivity index (χ2n) is 12.1. The Morgan fingerprint density at radius 3 is 2.22 bits per heavy atom. The molecule has 8 heteroatoms. The van der Waals surface area contributed by atoms with Gasteiger partial charge in [-0.05, 0) is 95.8 Å². The SMILES string of the molecule is Cc1nn(C(=O)OC(C)(C)C)c2ccc(-c3cccc(OC[C@H](Cc4ccccc4)NC(=O)OC(C)(C)C)c3)cc12. The Balaban J connectivity index is 1.52. The molecular weight excluding hydrogens is 518 g/mol. The molecule has 1 heterocycles. The molecule has 41 heavy (non-hydrogen) atoms. The molecule has 0 aliphatic heterocycles. The molecule has 0 spiro atoms. The second kappa shape index (κ2) is 12.0. The zero-order chi connectivity index (χ0) is 29.8. The first-order chi connectivity index (χ1) is 19.3. The van der Waals surface area contributed by atoms with E-state index >= 15 is 0 Å². The van der Waals surface area contributed by atoms with Crippen LogP contribution in [0.1, 0.15) is 52.8 Å². The summed E-state index contributed by atoms with van der Waals surface area (Å²) in [5.74, 6) is 0.674. The van der Waals surface area contributed by atoms with Crippen molar-refractivity contribution in [2.75, 3.05) is 6.61 Å². The fourth-order valence-electron chi connectivity index (χ4n) is 4.38. The van der Waals surface area contributed by atoms with Crippen LogP contribution in [-0.2, 0) is 15.9 Å². The second-order valence-corrected chi connectivity index (χ2v) is 12.1. The van der Waals surface area contributed by atoms with Gasteiger partial charge < -0.3 is 19.5 Å². The van der Waals surface area contributed by atoms with Crippen LogP contribution in [0.25, 0.3) is 22.0 Å². The van der Waals surface area contributed by atoms with Crippen LogP contribution < -0.4 is 10.1 Å². The van der Waals surface area contributed by atoms with Gasteiger partial charge >= 0.3 is 12.2 Å². The number of aryl methyl sites for hydroxylation is 1. The largest absolute Gasteiger partial charge is 0.491 e. The highest BCUT2D eigenvalue weighted by molar-refractivity contribution is 5.92. The molecule has 0 aliphatic carbocycles. The molecular formula is C33H39N3O5. The molecule has 4 rings (SSSR count). The lowest BCUT2D eigenvalue weighted by Crippen LogP contribution is -2.43. The van der Waals surface area contributed by atoms with E-state index in [1.807, 2.05) is 121 Å². The molecule has 216 valence electrons. The van der Waals surface area contributed by atoms with E-state index in [0.29, 0.717) is 17.7 Å². The summed E-state index contributed by atoms with van der Waals surface area (Å²) < 4.78 is 18.5. The Bertz CT molecular complexity index is 1510. The van der Waals surface area contributed by atoms with Gasteiger partial charge in [0.05, 0.1) is 17.3 Å². The molecule has 1 aromatic heterocycles. The van der Waals surface area contributed by atoms with Crippen molar-refractivity contribution in [1.29, 1.82) is 0 Å². The molecule has 0 saturated heterocycles. The first kappa shape index (κ1) is 29.6. The fraction of sp³-hybridized carbons (Fsp3) is 0.364. The number of fused-ring (bicyclic) bond motifs is 1. The first-order valence-electron chi connectivity index (χ1n) is 13.8. The summed E-state index contributed by atoms with van der Waals surface area (Å²) in [6.07, 6.45) is -0.396. The quantitative estimate of drug-likeness (QED) is 0.256. The zero-order valence-electron chi connectivity index (χ0n) is 24.9. The van der Waals surface area contributed by atoms with Crippen LogP contribution in [0.3, 0.4) is 0 Å². The lowest BCUT2D eigenvalue weighted by molar-refractivity contribution is 0.0484. The molecule has 1 N–H and O–H groups in total. The average Bonchev–Trinajstić information content (AvgIpc) is 3.22. The number of amides is 1. The summed E-state index contributed by atoms with van der Waals surface area (Å²) in [6, 6.07) is 23.3. The zero-order valence-corrected chi connectivity index (χ0v) is 24.9. The van der Waals surface area contributed by atoms with Crippen molar-refractivity contribution < 1.29 is 23.8 Å². The van der Waals surface area contributed by atoms with Crippen molar-refractivity contribution in [3.8, 4) is 16.9 Å². The number of benzene rings is 3. The van der Waals surface area contributed by atoms with Gasteiger partial charge in [-0.25, -0.2) is 9.59 Å². The molecule has 0 radical (unpaired) electrons. The topological polar surface area (TPSA) is 91.7 Å². The number of aromatic nitrogens is 2.